The maximum absolute atomic E-state index is 12.4. The zero-order valence-corrected chi connectivity index (χ0v) is 14.9. The predicted molar refractivity (Wildman–Crippen MR) is 100 cm³/mol. The van der Waals surface area contributed by atoms with Crippen LogP contribution in [0.1, 0.15) is 5.56 Å². The van der Waals surface area contributed by atoms with Crippen molar-refractivity contribution in [1.29, 1.82) is 0 Å². The molecule has 2 amide bonds. The first-order valence-electron chi connectivity index (χ1n) is 7.85. The molecule has 3 rings (SSSR count). The highest BCUT2D eigenvalue weighted by Crippen LogP contribution is 2.24. The van der Waals surface area contributed by atoms with E-state index in [1.165, 1.54) is 11.3 Å². The third kappa shape index (κ3) is 3.94. The number of rotatable bonds is 2. The summed E-state index contributed by atoms with van der Waals surface area (Å²) in [7, 11) is 0. The van der Waals surface area contributed by atoms with Gasteiger partial charge in [-0.05, 0) is 36.8 Å². The molecular weight excluding hydrogens is 345 g/mol. The fourth-order valence-corrected chi connectivity index (χ4v) is 3.42. The summed E-state index contributed by atoms with van der Waals surface area (Å²) in [5.74, 6) is 0. The van der Waals surface area contributed by atoms with Gasteiger partial charge < -0.3 is 15.1 Å². The predicted octanol–water partition coefficient (Wildman–Crippen LogP) is 4.66. The SMILES string of the molecule is Cc1ccccc1N1CCN(C(=O)Nc2cc(Cl)cc(Cl)c2)CC1. The number of carbonyl (C=O) groups is 1. The first kappa shape index (κ1) is 16.9. The molecule has 0 unspecified atom stereocenters. The molecule has 0 saturated carbocycles. The minimum Gasteiger partial charge on any atom is -0.368 e. The number of piperazine rings is 1. The highest BCUT2D eigenvalue weighted by Gasteiger charge is 2.22. The maximum Gasteiger partial charge on any atom is 0.321 e. The van der Waals surface area contributed by atoms with E-state index in [2.05, 4.69) is 29.3 Å². The van der Waals surface area contributed by atoms with E-state index in [-0.39, 0.29) is 6.03 Å². The smallest absolute Gasteiger partial charge is 0.321 e. The number of anilines is 2. The fraction of sp³-hybridized carbons (Fsp3) is 0.278. The van der Waals surface area contributed by atoms with Crippen molar-refractivity contribution in [3.8, 4) is 0 Å². The summed E-state index contributed by atoms with van der Waals surface area (Å²) in [6, 6.07) is 13.2. The molecule has 1 N–H and O–H groups in total. The van der Waals surface area contributed by atoms with Gasteiger partial charge in [-0.3, -0.25) is 0 Å². The van der Waals surface area contributed by atoms with Gasteiger partial charge in [-0.1, -0.05) is 41.4 Å². The van der Waals surface area contributed by atoms with Crippen LogP contribution < -0.4 is 10.2 Å². The Morgan fingerprint density at radius 2 is 1.62 bits per heavy atom. The molecule has 0 spiro atoms. The molecule has 2 aromatic rings. The molecule has 24 heavy (non-hydrogen) atoms. The molecule has 2 aromatic carbocycles. The van der Waals surface area contributed by atoms with Crippen molar-refractivity contribution in [3.05, 3.63) is 58.1 Å². The van der Waals surface area contributed by atoms with E-state index >= 15 is 0 Å². The number of nitrogens with one attached hydrogen (secondary N) is 1. The molecule has 0 aliphatic carbocycles. The Morgan fingerprint density at radius 1 is 1.00 bits per heavy atom. The lowest BCUT2D eigenvalue weighted by Crippen LogP contribution is -2.50. The second-order valence-corrected chi connectivity index (χ2v) is 6.72. The molecule has 0 bridgehead atoms. The topological polar surface area (TPSA) is 35.6 Å². The number of carbonyl (C=O) groups excluding carboxylic acids is 1. The van der Waals surface area contributed by atoms with Gasteiger partial charge in [0.05, 0.1) is 0 Å². The van der Waals surface area contributed by atoms with Crippen LogP contribution >= 0.6 is 23.2 Å². The number of hydrogen-bond acceptors (Lipinski definition) is 2. The largest absolute Gasteiger partial charge is 0.368 e. The first-order valence-corrected chi connectivity index (χ1v) is 8.61. The van der Waals surface area contributed by atoms with Crippen molar-refractivity contribution in [3.63, 3.8) is 0 Å². The quantitative estimate of drug-likeness (QED) is 0.842. The van der Waals surface area contributed by atoms with Gasteiger partial charge in [0, 0.05) is 47.6 Å². The standard InChI is InChI=1S/C18H19Cl2N3O/c1-13-4-2-3-5-17(13)22-6-8-23(9-7-22)18(24)21-16-11-14(19)10-15(20)12-16/h2-5,10-12H,6-9H2,1H3,(H,21,24). The van der Waals surface area contributed by atoms with Crippen molar-refractivity contribution >= 4 is 40.6 Å². The Labute approximate surface area is 152 Å². The Kier molecular flexibility index (Phi) is 5.17. The molecule has 0 radical (unpaired) electrons. The second-order valence-electron chi connectivity index (χ2n) is 5.85. The minimum absolute atomic E-state index is 0.127. The monoisotopic (exact) mass is 363 g/mol. The van der Waals surface area contributed by atoms with E-state index in [1.807, 2.05) is 17.0 Å². The van der Waals surface area contributed by atoms with Crippen LogP contribution in [-0.2, 0) is 0 Å². The Hall–Kier alpha value is -1.91. The lowest BCUT2D eigenvalue weighted by molar-refractivity contribution is 0.208. The van der Waals surface area contributed by atoms with Crippen LogP contribution in [0.15, 0.2) is 42.5 Å². The van der Waals surface area contributed by atoms with E-state index in [4.69, 9.17) is 23.2 Å². The van der Waals surface area contributed by atoms with Gasteiger partial charge in [-0.25, -0.2) is 4.79 Å². The molecule has 126 valence electrons. The van der Waals surface area contributed by atoms with Crippen molar-refractivity contribution in [2.45, 2.75) is 6.92 Å². The van der Waals surface area contributed by atoms with Crippen LogP contribution in [0.5, 0.6) is 0 Å². The van der Waals surface area contributed by atoms with Gasteiger partial charge in [-0.2, -0.15) is 0 Å². The van der Waals surface area contributed by atoms with Crippen molar-refractivity contribution < 1.29 is 4.79 Å². The Morgan fingerprint density at radius 3 is 2.25 bits per heavy atom. The zero-order valence-electron chi connectivity index (χ0n) is 13.4. The average molecular weight is 364 g/mol. The number of para-hydroxylation sites is 1. The van der Waals surface area contributed by atoms with Gasteiger partial charge in [0.15, 0.2) is 0 Å². The molecule has 1 saturated heterocycles. The normalized spacial score (nSPS) is 14.6. The number of aryl methyl sites for hydroxylation is 1. The molecule has 1 fully saturated rings. The van der Waals surface area contributed by atoms with Crippen LogP contribution in [0.4, 0.5) is 16.2 Å². The van der Waals surface area contributed by atoms with E-state index in [0.29, 0.717) is 28.8 Å². The molecule has 0 aromatic heterocycles. The van der Waals surface area contributed by atoms with Gasteiger partial charge >= 0.3 is 6.03 Å². The average Bonchev–Trinajstić information content (AvgIpc) is 2.54. The van der Waals surface area contributed by atoms with E-state index in [9.17, 15) is 4.79 Å². The summed E-state index contributed by atoms with van der Waals surface area (Å²) < 4.78 is 0. The molecular formula is C18H19Cl2N3O. The van der Waals surface area contributed by atoms with Gasteiger partial charge in [0.2, 0.25) is 0 Å². The number of nitrogens with zero attached hydrogens (tertiary/aromatic N) is 2. The first-order chi connectivity index (χ1) is 11.5. The third-order valence-corrected chi connectivity index (χ3v) is 4.57. The Bertz CT molecular complexity index is 723. The lowest BCUT2D eigenvalue weighted by atomic mass is 10.1. The molecule has 1 aliphatic rings. The molecule has 6 heteroatoms. The molecule has 1 heterocycles. The summed E-state index contributed by atoms with van der Waals surface area (Å²) in [4.78, 5) is 16.5. The zero-order chi connectivity index (χ0) is 17.1. The number of amides is 2. The van der Waals surface area contributed by atoms with Crippen LogP contribution in [-0.4, -0.2) is 37.1 Å². The maximum atomic E-state index is 12.4. The van der Waals surface area contributed by atoms with Crippen LogP contribution in [0.25, 0.3) is 0 Å². The summed E-state index contributed by atoms with van der Waals surface area (Å²) in [6.07, 6.45) is 0. The number of hydrogen-bond donors (Lipinski definition) is 1. The lowest BCUT2D eigenvalue weighted by Gasteiger charge is -2.36. The molecule has 4 nitrogen and oxygen atoms in total. The fourth-order valence-electron chi connectivity index (χ4n) is 2.90. The van der Waals surface area contributed by atoms with Crippen molar-refractivity contribution in [1.82, 2.24) is 4.90 Å². The number of urea groups is 1. The van der Waals surface area contributed by atoms with Crippen LogP contribution in [0.3, 0.4) is 0 Å². The van der Waals surface area contributed by atoms with Crippen molar-refractivity contribution in [2.24, 2.45) is 0 Å². The van der Waals surface area contributed by atoms with Gasteiger partial charge in [-0.15, -0.1) is 0 Å². The van der Waals surface area contributed by atoms with E-state index < -0.39 is 0 Å². The highest BCUT2D eigenvalue weighted by molar-refractivity contribution is 6.35. The van der Waals surface area contributed by atoms with Crippen LogP contribution in [0, 0.1) is 6.92 Å². The summed E-state index contributed by atoms with van der Waals surface area (Å²) >= 11 is 11.9. The third-order valence-electron chi connectivity index (χ3n) is 4.14. The molecule has 0 atom stereocenters. The Balaban J connectivity index is 1.60. The summed E-state index contributed by atoms with van der Waals surface area (Å²) in [5, 5.41) is 3.86. The second kappa shape index (κ2) is 7.32. The highest BCUT2D eigenvalue weighted by atomic mass is 35.5. The molecule has 1 aliphatic heterocycles. The van der Waals surface area contributed by atoms with Crippen molar-refractivity contribution in [2.75, 3.05) is 36.4 Å². The minimum atomic E-state index is -0.127. The number of benzene rings is 2. The van der Waals surface area contributed by atoms with E-state index in [0.717, 1.165) is 13.1 Å². The number of halogens is 2. The van der Waals surface area contributed by atoms with E-state index in [1.54, 1.807) is 18.2 Å². The van der Waals surface area contributed by atoms with Gasteiger partial charge in [0.25, 0.3) is 0 Å². The van der Waals surface area contributed by atoms with Gasteiger partial charge in [0.1, 0.15) is 0 Å². The summed E-state index contributed by atoms with van der Waals surface area (Å²) in [5.41, 5.74) is 3.10. The summed E-state index contributed by atoms with van der Waals surface area (Å²) in [6.45, 7) is 5.09. The van der Waals surface area contributed by atoms with Crippen LogP contribution in [0.2, 0.25) is 10.0 Å².